The number of hydrogen-bond acceptors (Lipinski definition) is 3. The molecule has 0 spiro atoms. The summed E-state index contributed by atoms with van der Waals surface area (Å²) in [6.07, 6.45) is 3.45. The zero-order valence-electron chi connectivity index (χ0n) is 12.8. The molecule has 0 bridgehead atoms. The van der Waals surface area contributed by atoms with Crippen molar-refractivity contribution in [2.24, 2.45) is 7.05 Å². The van der Waals surface area contributed by atoms with Gasteiger partial charge in [0.25, 0.3) is 0 Å². The fraction of sp³-hybridized carbons (Fsp3) is 0.800. The molecule has 4 nitrogen and oxygen atoms in total. The minimum atomic E-state index is 0.629. The summed E-state index contributed by atoms with van der Waals surface area (Å²) in [5, 5.41) is 8.20. The van der Waals surface area contributed by atoms with Gasteiger partial charge in [-0.1, -0.05) is 13.8 Å². The van der Waals surface area contributed by atoms with Gasteiger partial charge in [-0.25, -0.2) is 0 Å². The summed E-state index contributed by atoms with van der Waals surface area (Å²) in [6.45, 7) is 10.1. The molecule has 1 aliphatic heterocycles. The van der Waals surface area contributed by atoms with Crippen LogP contribution in [0.1, 0.15) is 45.0 Å². The molecule has 1 aliphatic rings. The molecule has 2 rings (SSSR count). The molecule has 1 aromatic heterocycles. The van der Waals surface area contributed by atoms with Crippen molar-refractivity contribution in [1.29, 1.82) is 0 Å². The molecule has 108 valence electrons. The Bertz CT molecular complexity index is 399. The quantitative estimate of drug-likeness (QED) is 0.902. The van der Waals surface area contributed by atoms with Crippen LogP contribution in [0.15, 0.2) is 6.07 Å². The molecule has 2 unspecified atom stereocenters. The van der Waals surface area contributed by atoms with Gasteiger partial charge in [0.2, 0.25) is 0 Å². The van der Waals surface area contributed by atoms with Gasteiger partial charge >= 0.3 is 0 Å². The third kappa shape index (κ3) is 3.57. The van der Waals surface area contributed by atoms with Gasteiger partial charge in [0, 0.05) is 32.2 Å². The third-order valence-corrected chi connectivity index (χ3v) is 4.32. The summed E-state index contributed by atoms with van der Waals surface area (Å²) < 4.78 is 2.05. The molecule has 2 atom stereocenters. The summed E-state index contributed by atoms with van der Waals surface area (Å²) in [7, 11) is 2.06. The molecule has 19 heavy (non-hydrogen) atoms. The second-order valence-electron chi connectivity index (χ2n) is 5.73. The molecule has 2 heterocycles. The molecule has 1 N–H and O–H groups in total. The van der Waals surface area contributed by atoms with Gasteiger partial charge in [-0.15, -0.1) is 0 Å². The largest absolute Gasteiger partial charge is 0.313 e. The predicted molar refractivity (Wildman–Crippen MR) is 79.2 cm³/mol. The lowest BCUT2D eigenvalue weighted by Crippen LogP contribution is -2.39. The highest BCUT2D eigenvalue weighted by Crippen LogP contribution is 2.15. The first-order valence-corrected chi connectivity index (χ1v) is 7.63. The molecular formula is C15H28N4. The van der Waals surface area contributed by atoms with Gasteiger partial charge in [0.05, 0.1) is 11.4 Å². The van der Waals surface area contributed by atoms with Gasteiger partial charge in [-0.3, -0.25) is 9.58 Å². The lowest BCUT2D eigenvalue weighted by Gasteiger charge is -2.28. The normalized spacial score (nSPS) is 25.5. The third-order valence-electron chi connectivity index (χ3n) is 4.32. The topological polar surface area (TPSA) is 33.1 Å². The second-order valence-corrected chi connectivity index (χ2v) is 5.73. The second kappa shape index (κ2) is 6.53. The van der Waals surface area contributed by atoms with Crippen molar-refractivity contribution in [3.05, 3.63) is 17.5 Å². The van der Waals surface area contributed by atoms with E-state index in [2.05, 4.69) is 49.2 Å². The molecule has 0 amide bonds. The summed E-state index contributed by atoms with van der Waals surface area (Å²) in [4.78, 5) is 2.60. The SMILES string of the molecule is CCc1cc(CN2CC(CC)NCCC2C)n(C)n1. The fourth-order valence-corrected chi connectivity index (χ4v) is 2.80. The maximum absolute atomic E-state index is 4.56. The van der Waals surface area contributed by atoms with E-state index in [0.717, 1.165) is 26.1 Å². The van der Waals surface area contributed by atoms with E-state index in [-0.39, 0.29) is 0 Å². The molecule has 1 fully saturated rings. The molecule has 0 radical (unpaired) electrons. The van der Waals surface area contributed by atoms with Crippen LogP contribution in [-0.2, 0) is 20.0 Å². The lowest BCUT2D eigenvalue weighted by atomic mass is 10.1. The van der Waals surface area contributed by atoms with E-state index >= 15 is 0 Å². The van der Waals surface area contributed by atoms with Gasteiger partial charge < -0.3 is 5.32 Å². The van der Waals surface area contributed by atoms with E-state index < -0.39 is 0 Å². The Labute approximate surface area is 117 Å². The Kier molecular flexibility index (Phi) is 4.99. The minimum absolute atomic E-state index is 0.629. The van der Waals surface area contributed by atoms with Crippen LogP contribution in [0.2, 0.25) is 0 Å². The average Bonchev–Trinajstić information content (AvgIpc) is 2.66. The van der Waals surface area contributed by atoms with Gasteiger partial charge in [0.1, 0.15) is 0 Å². The molecule has 1 aromatic rings. The van der Waals surface area contributed by atoms with E-state index in [4.69, 9.17) is 0 Å². The van der Waals surface area contributed by atoms with Crippen molar-refractivity contribution in [2.45, 2.75) is 58.7 Å². The van der Waals surface area contributed by atoms with Gasteiger partial charge in [-0.05, 0) is 38.8 Å². The average molecular weight is 264 g/mol. The van der Waals surface area contributed by atoms with E-state index in [1.54, 1.807) is 0 Å². The summed E-state index contributed by atoms with van der Waals surface area (Å²) in [5.74, 6) is 0. The standard InChI is InChI=1S/C15H28N4/c1-5-13-9-15(18(4)17-13)11-19-10-14(6-2)16-8-7-12(19)3/h9,12,14,16H,5-8,10-11H2,1-4H3. The molecule has 4 heteroatoms. The number of hydrogen-bond donors (Lipinski definition) is 1. The summed E-state index contributed by atoms with van der Waals surface area (Å²) in [6, 6.07) is 3.53. The Hall–Kier alpha value is -0.870. The highest BCUT2D eigenvalue weighted by Gasteiger charge is 2.22. The van der Waals surface area contributed by atoms with Crippen LogP contribution in [0.5, 0.6) is 0 Å². The lowest BCUT2D eigenvalue weighted by molar-refractivity contribution is 0.190. The van der Waals surface area contributed by atoms with Crippen molar-refractivity contribution in [1.82, 2.24) is 20.0 Å². The highest BCUT2D eigenvalue weighted by atomic mass is 15.3. The van der Waals surface area contributed by atoms with Crippen molar-refractivity contribution in [2.75, 3.05) is 13.1 Å². The van der Waals surface area contributed by atoms with E-state index in [9.17, 15) is 0 Å². The van der Waals surface area contributed by atoms with Crippen LogP contribution >= 0.6 is 0 Å². The molecule has 1 saturated heterocycles. The number of nitrogens with zero attached hydrogens (tertiary/aromatic N) is 3. The highest BCUT2D eigenvalue weighted by molar-refractivity contribution is 5.10. The zero-order chi connectivity index (χ0) is 13.8. The molecular weight excluding hydrogens is 236 g/mol. The van der Waals surface area contributed by atoms with E-state index in [1.807, 2.05) is 4.68 Å². The van der Waals surface area contributed by atoms with E-state index in [0.29, 0.717) is 12.1 Å². The Morgan fingerprint density at radius 2 is 2.21 bits per heavy atom. The van der Waals surface area contributed by atoms with Gasteiger partial charge in [-0.2, -0.15) is 5.10 Å². The van der Waals surface area contributed by atoms with Crippen LogP contribution in [0.25, 0.3) is 0 Å². The molecule has 0 saturated carbocycles. The van der Waals surface area contributed by atoms with Crippen LogP contribution in [0, 0.1) is 0 Å². The maximum atomic E-state index is 4.56. The number of nitrogens with one attached hydrogen (secondary N) is 1. The summed E-state index contributed by atoms with van der Waals surface area (Å²) >= 11 is 0. The number of aromatic nitrogens is 2. The number of rotatable bonds is 4. The predicted octanol–water partition coefficient (Wildman–Crippen LogP) is 1.94. The first-order valence-electron chi connectivity index (χ1n) is 7.63. The minimum Gasteiger partial charge on any atom is -0.313 e. The number of aryl methyl sites for hydroxylation is 2. The Morgan fingerprint density at radius 3 is 2.84 bits per heavy atom. The van der Waals surface area contributed by atoms with Crippen molar-refractivity contribution < 1.29 is 0 Å². The zero-order valence-corrected chi connectivity index (χ0v) is 12.8. The van der Waals surface area contributed by atoms with Crippen LogP contribution in [-0.4, -0.2) is 39.9 Å². The van der Waals surface area contributed by atoms with Crippen molar-refractivity contribution in [3.63, 3.8) is 0 Å². The molecule has 0 aromatic carbocycles. The smallest absolute Gasteiger partial charge is 0.0625 e. The maximum Gasteiger partial charge on any atom is 0.0625 e. The Balaban J connectivity index is 2.07. The molecule has 0 aliphatic carbocycles. The van der Waals surface area contributed by atoms with E-state index in [1.165, 1.54) is 24.2 Å². The van der Waals surface area contributed by atoms with Crippen molar-refractivity contribution in [3.8, 4) is 0 Å². The first kappa shape index (κ1) is 14.5. The van der Waals surface area contributed by atoms with Crippen molar-refractivity contribution >= 4 is 0 Å². The Morgan fingerprint density at radius 1 is 1.42 bits per heavy atom. The first-order chi connectivity index (χ1) is 9.13. The fourth-order valence-electron chi connectivity index (χ4n) is 2.80. The van der Waals surface area contributed by atoms with Crippen LogP contribution in [0.4, 0.5) is 0 Å². The van der Waals surface area contributed by atoms with Gasteiger partial charge in [0.15, 0.2) is 0 Å². The van der Waals surface area contributed by atoms with Crippen LogP contribution in [0.3, 0.4) is 0 Å². The van der Waals surface area contributed by atoms with Crippen LogP contribution < -0.4 is 5.32 Å². The summed E-state index contributed by atoms with van der Waals surface area (Å²) in [5.41, 5.74) is 2.53. The monoisotopic (exact) mass is 264 g/mol.